The fourth-order valence-electron chi connectivity index (χ4n) is 2.99. The molecular formula is C20H22F4N4. The number of nitriles is 1. The Bertz CT molecular complexity index is 797. The number of likely N-dealkylation sites (tertiary alicyclic amines) is 1. The van der Waals surface area contributed by atoms with Gasteiger partial charge < -0.3 is 11.1 Å². The third kappa shape index (κ3) is 6.74. The second kappa shape index (κ2) is 9.42. The van der Waals surface area contributed by atoms with Gasteiger partial charge in [-0.25, -0.2) is 4.39 Å². The number of benzene rings is 1. The van der Waals surface area contributed by atoms with Crippen LogP contribution in [0.5, 0.6) is 0 Å². The molecule has 0 atom stereocenters. The van der Waals surface area contributed by atoms with Crippen LogP contribution < -0.4 is 11.1 Å². The van der Waals surface area contributed by atoms with E-state index in [1.807, 2.05) is 11.0 Å². The van der Waals surface area contributed by atoms with Crippen LogP contribution in [0.2, 0.25) is 0 Å². The molecule has 150 valence electrons. The van der Waals surface area contributed by atoms with E-state index in [-0.39, 0.29) is 12.6 Å². The Kier molecular flexibility index (Phi) is 7.24. The highest BCUT2D eigenvalue weighted by Crippen LogP contribution is 2.30. The molecule has 4 nitrogen and oxygen atoms in total. The van der Waals surface area contributed by atoms with Crippen molar-refractivity contribution in [1.29, 1.82) is 5.26 Å². The number of rotatable bonds is 6. The second-order valence-corrected chi connectivity index (χ2v) is 6.66. The molecule has 0 saturated carbocycles. The maximum Gasteiger partial charge on any atom is 0.416 e. The number of nitrogens with one attached hydrogen (secondary N) is 1. The quantitative estimate of drug-likeness (QED) is 0.437. The van der Waals surface area contributed by atoms with Gasteiger partial charge in [-0.15, -0.1) is 0 Å². The molecule has 0 bridgehead atoms. The molecule has 3 N–H and O–H groups in total. The number of nitrogens with two attached hydrogens (primary N) is 1. The van der Waals surface area contributed by atoms with Crippen LogP contribution in [-0.2, 0) is 12.7 Å². The molecule has 1 heterocycles. The fourth-order valence-corrected chi connectivity index (χ4v) is 2.99. The molecule has 1 aliphatic heterocycles. The zero-order chi connectivity index (χ0) is 20.7. The largest absolute Gasteiger partial charge is 0.416 e. The Morgan fingerprint density at radius 1 is 1.32 bits per heavy atom. The number of alkyl halides is 3. The summed E-state index contributed by atoms with van der Waals surface area (Å²) in [5.74, 6) is -0.424. The Hall–Kier alpha value is -2.79. The smallest absolute Gasteiger partial charge is 0.386 e. The van der Waals surface area contributed by atoms with Crippen LogP contribution in [0.3, 0.4) is 0 Å². The summed E-state index contributed by atoms with van der Waals surface area (Å²) < 4.78 is 52.0. The molecule has 0 aliphatic carbocycles. The van der Waals surface area contributed by atoms with Crippen LogP contribution in [0.4, 0.5) is 17.6 Å². The van der Waals surface area contributed by atoms with E-state index in [0.717, 1.165) is 25.0 Å². The summed E-state index contributed by atoms with van der Waals surface area (Å²) in [7, 11) is 0. The highest BCUT2D eigenvalue weighted by atomic mass is 19.4. The number of allylic oxidation sites excluding steroid dienone is 4. The zero-order valence-corrected chi connectivity index (χ0v) is 15.3. The van der Waals surface area contributed by atoms with Gasteiger partial charge >= 0.3 is 6.18 Å². The maximum absolute atomic E-state index is 13.5. The molecule has 1 aliphatic rings. The molecule has 8 heteroatoms. The van der Waals surface area contributed by atoms with Crippen molar-refractivity contribution in [3.63, 3.8) is 0 Å². The monoisotopic (exact) mass is 394 g/mol. The lowest BCUT2D eigenvalue weighted by Crippen LogP contribution is -2.43. The molecule has 28 heavy (non-hydrogen) atoms. The minimum absolute atomic E-state index is 0.137. The molecule has 1 saturated heterocycles. The zero-order valence-electron chi connectivity index (χ0n) is 15.3. The van der Waals surface area contributed by atoms with Gasteiger partial charge in [0, 0.05) is 31.2 Å². The Morgan fingerprint density at radius 2 is 2.00 bits per heavy atom. The van der Waals surface area contributed by atoms with E-state index < -0.39 is 17.6 Å². The summed E-state index contributed by atoms with van der Waals surface area (Å²) in [4.78, 5) is 1.99. The molecule has 2 rings (SSSR count). The van der Waals surface area contributed by atoms with E-state index in [4.69, 9.17) is 11.0 Å². The van der Waals surface area contributed by atoms with Crippen molar-refractivity contribution in [1.82, 2.24) is 10.2 Å². The average Bonchev–Trinajstić information content (AvgIpc) is 2.62. The van der Waals surface area contributed by atoms with Crippen molar-refractivity contribution in [3.8, 4) is 6.07 Å². The van der Waals surface area contributed by atoms with Crippen molar-refractivity contribution in [3.05, 3.63) is 71.3 Å². The third-order valence-electron chi connectivity index (χ3n) is 4.37. The van der Waals surface area contributed by atoms with E-state index in [1.165, 1.54) is 0 Å². The first-order valence-corrected chi connectivity index (χ1v) is 8.76. The van der Waals surface area contributed by atoms with E-state index in [9.17, 15) is 17.6 Å². The van der Waals surface area contributed by atoms with Crippen molar-refractivity contribution in [2.24, 2.45) is 5.73 Å². The fraction of sp³-hybridized carbons (Fsp3) is 0.350. The minimum atomic E-state index is -4.56. The summed E-state index contributed by atoms with van der Waals surface area (Å²) >= 11 is 0. The summed E-state index contributed by atoms with van der Waals surface area (Å²) in [5.41, 5.74) is 5.55. The second-order valence-electron chi connectivity index (χ2n) is 6.66. The first kappa shape index (κ1) is 21.5. The van der Waals surface area contributed by atoms with Crippen LogP contribution >= 0.6 is 0 Å². The van der Waals surface area contributed by atoms with Crippen LogP contribution in [0.1, 0.15) is 24.0 Å². The average molecular weight is 394 g/mol. The first-order chi connectivity index (χ1) is 13.2. The number of hydrogen-bond donors (Lipinski definition) is 2. The van der Waals surface area contributed by atoms with E-state index in [2.05, 4.69) is 11.9 Å². The molecule has 0 radical (unpaired) electrons. The van der Waals surface area contributed by atoms with Crippen LogP contribution in [0, 0.1) is 17.1 Å². The third-order valence-corrected chi connectivity index (χ3v) is 4.37. The summed E-state index contributed by atoms with van der Waals surface area (Å²) in [6.45, 7) is 5.10. The van der Waals surface area contributed by atoms with Gasteiger partial charge in [0.15, 0.2) is 0 Å². The number of piperidine rings is 1. The van der Waals surface area contributed by atoms with Gasteiger partial charge in [0.05, 0.1) is 17.5 Å². The van der Waals surface area contributed by atoms with Crippen LogP contribution in [0.15, 0.2) is 54.4 Å². The van der Waals surface area contributed by atoms with Gasteiger partial charge in [-0.1, -0.05) is 12.7 Å². The lowest BCUT2D eigenvalue weighted by molar-refractivity contribution is -0.137. The normalized spacial score (nSPS) is 16.9. The summed E-state index contributed by atoms with van der Waals surface area (Å²) in [6.07, 6.45) is 1.76. The molecule has 1 aromatic rings. The SMILES string of the molecule is C=C(C#N)/C=C\C=C(/N)NC1CCN(Cc2cc(F)cc(C(F)(F)F)c2)CC1. The Balaban J connectivity index is 1.87. The van der Waals surface area contributed by atoms with Crippen molar-refractivity contribution in [2.75, 3.05) is 13.1 Å². The highest BCUT2D eigenvalue weighted by Gasteiger charge is 2.31. The van der Waals surface area contributed by atoms with Crippen LogP contribution in [0.25, 0.3) is 0 Å². The number of hydrogen-bond acceptors (Lipinski definition) is 4. The predicted molar refractivity (Wildman–Crippen MR) is 99.0 cm³/mol. The molecule has 1 fully saturated rings. The van der Waals surface area contributed by atoms with Gasteiger partial charge in [-0.05, 0) is 48.8 Å². The van der Waals surface area contributed by atoms with Gasteiger partial charge in [0.25, 0.3) is 0 Å². The lowest BCUT2D eigenvalue weighted by Gasteiger charge is -2.33. The van der Waals surface area contributed by atoms with Gasteiger partial charge in [-0.2, -0.15) is 18.4 Å². The van der Waals surface area contributed by atoms with Gasteiger partial charge in [0.2, 0.25) is 0 Å². The molecule has 0 spiro atoms. The predicted octanol–water partition coefficient (Wildman–Crippen LogP) is 3.83. The van der Waals surface area contributed by atoms with Gasteiger partial charge in [-0.3, -0.25) is 4.90 Å². The number of nitrogens with zero attached hydrogens (tertiary/aromatic N) is 2. The molecule has 0 aromatic heterocycles. The maximum atomic E-state index is 13.5. The molecular weight excluding hydrogens is 372 g/mol. The molecule has 1 aromatic carbocycles. The number of halogens is 4. The van der Waals surface area contributed by atoms with E-state index in [0.29, 0.717) is 36.1 Å². The topological polar surface area (TPSA) is 65.1 Å². The van der Waals surface area contributed by atoms with E-state index >= 15 is 0 Å². The minimum Gasteiger partial charge on any atom is -0.386 e. The van der Waals surface area contributed by atoms with Crippen molar-refractivity contribution < 1.29 is 17.6 Å². The first-order valence-electron chi connectivity index (χ1n) is 8.76. The van der Waals surface area contributed by atoms with Crippen molar-refractivity contribution >= 4 is 0 Å². The summed E-state index contributed by atoms with van der Waals surface area (Å²) in [6, 6.07) is 4.68. The van der Waals surface area contributed by atoms with Crippen LogP contribution in [-0.4, -0.2) is 24.0 Å². The highest BCUT2D eigenvalue weighted by molar-refractivity contribution is 5.31. The van der Waals surface area contributed by atoms with Crippen molar-refractivity contribution in [2.45, 2.75) is 31.6 Å². The standard InChI is InChI=1S/C20H22F4N4/c1-14(12-25)3-2-4-19(26)27-18-5-7-28(8-6-18)13-15-9-16(20(22,23)24)11-17(21)10-15/h2-4,9-11,18,27H,1,5-8,13,26H2/b3-2-,19-4+. The van der Waals surface area contributed by atoms with Gasteiger partial charge in [0.1, 0.15) is 5.82 Å². The lowest BCUT2D eigenvalue weighted by atomic mass is 10.0. The molecule has 0 amide bonds. The molecule has 0 unspecified atom stereocenters. The summed E-state index contributed by atoms with van der Waals surface area (Å²) in [5, 5.41) is 11.8. The van der Waals surface area contributed by atoms with E-state index in [1.54, 1.807) is 18.2 Å². The Labute approximate surface area is 161 Å². The Morgan fingerprint density at radius 3 is 2.61 bits per heavy atom.